The Morgan fingerprint density at radius 2 is 1.83 bits per heavy atom. The normalized spacial score (nSPS) is 18.2. The molecule has 1 aliphatic heterocycles. The van der Waals surface area contributed by atoms with E-state index >= 15 is 4.39 Å². The molecule has 0 unspecified atom stereocenters. The average molecular weight is 669 g/mol. The SMILES string of the molecule is CC(=O)c1cn(CC(=O)N2C[C@@](F)(CF)C[C@H]2C(=O)Nc2nc(C(F)(F)F)ccc2C)c2c(C)nc(-c3cnc4cc(C)nn4c3)cc12. The number of pyridine rings is 2. The van der Waals surface area contributed by atoms with Gasteiger partial charge in [0.15, 0.2) is 17.1 Å². The summed E-state index contributed by atoms with van der Waals surface area (Å²) >= 11 is 0. The second kappa shape index (κ2) is 11.8. The summed E-state index contributed by atoms with van der Waals surface area (Å²) in [5.41, 5.74) is 0.0624. The summed E-state index contributed by atoms with van der Waals surface area (Å²) in [7, 11) is 0. The highest BCUT2D eigenvalue weighted by molar-refractivity contribution is 6.08. The Bertz CT molecular complexity index is 2120. The second-order valence-electron chi connectivity index (χ2n) is 12.0. The van der Waals surface area contributed by atoms with Crippen molar-refractivity contribution in [2.24, 2.45) is 0 Å². The number of alkyl halides is 5. The summed E-state index contributed by atoms with van der Waals surface area (Å²) in [5, 5.41) is 7.13. The largest absolute Gasteiger partial charge is 0.433 e. The van der Waals surface area contributed by atoms with Crippen LogP contribution in [0.4, 0.5) is 27.8 Å². The average Bonchev–Trinajstić information content (AvgIpc) is 3.70. The number of halogens is 5. The minimum absolute atomic E-state index is 0.192. The lowest BCUT2D eigenvalue weighted by atomic mass is 10.0. The van der Waals surface area contributed by atoms with E-state index in [1.807, 2.05) is 13.0 Å². The van der Waals surface area contributed by atoms with Gasteiger partial charge in [0.1, 0.15) is 30.8 Å². The number of rotatable bonds is 7. The summed E-state index contributed by atoms with van der Waals surface area (Å²) in [6.45, 7) is 3.57. The molecule has 11 nitrogen and oxygen atoms in total. The summed E-state index contributed by atoms with van der Waals surface area (Å²) in [4.78, 5) is 53.2. The molecule has 2 amide bonds. The molecule has 16 heteroatoms. The Hall–Kier alpha value is -5.28. The molecule has 0 bridgehead atoms. The number of likely N-dealkylation sites (tertiary alicyclic amines) is 1. The Morgan fingerprint density at radius 3 is 2.52 bits per heavy atom. The van der Waals surface area contributed by atoms with Crippen molar-refractivity contribution in [3.8, 4) is 11.3 Å². The van der Waals surface area contributed by atoms with Crippen LogP contribution in [0.15, 0.2) is 42.9 Å². The van der Waals surface area contributed by atoms with Crippen molar-refractivity contribution in [1.29, 1.82) is 0 Å². The molecule has 6 heterocycles. The van der Waals surface area contributed by atoms with Gasteiger partial charge in [-0.15, -0.1) is 0 Å². The van der Waals surface area contributed by atoms with Crippen LogP contribution >= 0.6 is 0 Å². The molecule has 0 aliphatic carbocycles. The number of fused-ring (bicyclic) bond motifs is 2. The highest BCUT2D eigenvalue weighted by Crippen LogP contribution is 2.35. The Labute approximate surface area is 269 Å². The molecule has 2 atom stereocenters. The van der Waals surface area contributed by atoms with Crippen molar-refractivity contribution < 1.29 is 36.3 Å². The lowest BCUT2D eigenvalue weighted by molar-refractivity contribution is -0.141. The van der Waals surface area contributed by atoms with E-state index in [0.29, 0.717) is 33.5 Å². The van der Waals surface area contributed by atoms with Gasteiger partial charge in [0, 0.05) is 47.6 Å². The Balaban J connectivity index is 1.32. The molecule has 48 heavy (non-hydrogen) atoms. The van der Waals surface area contributed by atoms with Crippen molar-refractivity contribution in [3.63, 3.8) is 0 Å². The molecule has 250 valence electrons. The van der Waals surface area contributed by atoms with E-state index in [1.165, 1.54) is 24.6 Å². The Morgan fingerprint density at radius 1 is 1.08 bits per heavy atom. The van der Waals surface area contributed by atoms with Crippen molar-refractivity contribution in [1.82, 2.24) is 34.0 Å². The highest BCUT2D eigenvalue weighted by Gasteiger charge is 2.50. The fourth-order valence-electron chi connectivity index (χ4n) is 5.98. The molecule has 5 aromatic rings. The maximum absolute atomic E-state index is 15.4. The third kappa shape index (κ3) is 5.97. The standard InChI is InChI=1S/C32H29F5N8O3/c1-16-5-6-25(32(35,36)37)40-29(16)41-30(48)24-9-31(34,14-33)15-44(24)27(47)13-43-12-22(19(4)46)21-8-23(39-18(3)28(21)43)20-10-38-26-7-17(2)42-45(26)11-20/h5-8,10-12,24H,9,13-15H2,1-4H3,(H,40,41,48)/t24-,31-/m0/s1. The first-order valence-electron chi connectivity index (χ1n) is 14.8. The number of carbonyl (C=O) groups excluding carboxylic acids is 3. The predicted molar refractivity (Wildman–Crippen MR) is 164 cm³/mol. The fourth-order valence-corrected chi connectivity index (χ4v) is 5.98. The van der Waals surface area contributed by atoms with E-state index in [1.54, 1.807) is 29.9 Å². The third-order valence-corrected chi connectivity index (χ3v) is 8.33. The second-order valence-corrected chi connectivity index (χ2v) is 12.0. The molecule has 5 aromatic heterocycles. The molecule has 1 saturated heterocycles. The number of Topliss-reactive ketones (excluding diaryl/α,β-unsaturated/α-hetero) is 1. The zero-order valence-corrected chi connectivity index (χ0v) is 26.2. The van der Waals surface area contributed by atoms with Crippen LogP contribution in [0.1, 0.15) is 46.3 Å². The van der Waals surface area contributed by atoms with Crippen molar-refractivity contribution >= 4 is 40.0 Å². The van der Waals surface area contributed by atoms with Gasteiger partial charge in [-0.25, -0.2) is 23.3 Å². The smallest absolute Gasteiger partial charge is 0.336 e. The molecule has 0 spiro atoms. The summed E-state index contributed by atoms with van der Waals surface area (Å²) in [6, 6.07) is 3.81. The molecule has 1 N–H and O–H groups in total. The van der Waals surface area contributed by atoms with Gasteiger partial charge >= 0.3 is 6.18 Å². The number of nitrogens with zero attached hydrogens (tertiary/aromatic N) is 7. The van der Waals surface area contributed by atoms with E-state index < -0.39 is 67.4 Å². The predicted octanol–water partition coefficient (Wildman–Crippen LogP) is 5.21. The molecule has 0 saturated carbocycles. The first-order valence-corrected chi connectivity index (χ1v) is 14.8. The fraction of sp³-hybridized carbons (Fsp3) is 0.344. The van der Waals surface area contributed by atoms with Crippen LogP contribution in [-0.2, 0) is 22.3 Å². The summed E-state index contributed by atoms with van der Waals surface area (Å²) < 4.78 is 72.1. The van der Waals surface area contributed by atoms with Gasteiger partial charge in [-0.3, -0.25) is 19.4 Å². The lowest BCUT2D eigenvalue weighted by Gasteiger charge is -2.24. The zero-order valence-electron chi connectivity index (χ0n) is 26.2. The lowest BCUT2D eigenvalue weighted by Crippen LogP contribution is -2.45. The van der Waals surface area contributed by atoms with E-state index in [9.17, 15) is 31.9 Å². The van der Waals surface area contributed by atoms with Gasteiger partial charge in [0.2, 0.25) is 11.8 Å². The first-order chi connectivity index (χ1) is 22.6. The molecular formula is C32H29F5N8O3. The number of carbonyl (C=O) groups is 3. The van der Waals surface area contributed by atoms with E-state index in [-0.39, 0.29) is 16.9 Å². The van der Waals surface area contributed by atoms with Crippen LogP contribution in [0.5, 0.6) is 0 Å². The number of aryl methyl sites for hydroxylation is 3. The van der Waals surface area contributed by atoms with Crippen LogP contribution in [0.3, 0.4) is 0 Å². The van der Waals surface area contributed by atoms with E-state index in [4.69, 9.17) is 0 Å². The van der Waals surface area contributed by atoms with Crippen LogP contribution < -0.4 is 5.32 Å². The van der Waals surface area contributed by atoms with E-state index in [0.717, 1.165) is 22.7 Å². The minimum Gasteiger partial charge on any atom is -0.336 e. The molecular weight excluding hydrogens is 639 g/mol. The molecule has 1 fully saturated rings. The number of aromatic nitrogens is 6. The monoisotopic (exact) mass is 668 g/mol. The number of hydrogen-bond donors (Lipinski definition) is 1. The van der Waals surface area contributed by atoms with Crippen molar-refractivity contribution in [3.05, 3.63) is 71.1 Å². The van der Waals surface area contributed by atoms with E-state index in [2.05, 4.69) is 25.4 Å². The minimum atomic E-state index is -4.79. The Kier molecular flexibility index (Phi) is 8.00. The first kappa shape index (κ1) is 32.7. The number of amides is 2. The van der Waals surface area contributed by atoms with Crippen LogP contribution in [-0.4, -0.2) is 76.6 Å². The van der Waals surface area contributed by atoms with Crippen LogP contribution in [0, 0.1) is 20.8 Å². The van der Waals surface area contributed by atoms with Gasteiger partial charge in [0.05, 0.1) is 29.1 Å². The van der Waals surface area contributed by atoms with Crippen LogP contribution in [0.2, 0.25) is 0 Å². The maximum Gasteiger partial charge on any atom is 0.433 e. The highest BCUT2D eigenvalue weighted by atomic mass is 19.4. The van der Waals surface area contributed by atoms with Gasteiger partial charge < -0.3 is 14.8 Å². The number of anilines is 1. The topological polar surface area (TPSA) is 127 Å². The van der Waals surface area contributed by atoms with Gasteiger partial charge in [0.25, 0.3) is 0 Å². The summed E-state index contributed by atoms with van der Waals surface area (Å²) in [5.74, 6) is -2.53. The number of nitrogens with one attached hydrogen (secondary N) is 1. The molecule has 0 radical (unpaired) electrons. The number of ketones is 1. The van der Waals surface area contributed by atoms with Crippen molar-refractivity contribution in [2.75, 3.05) is 18.5 Å². The summed E-state index contributed by atoms with van der Waals surface area (Å²) in [6.07, 6.45) is -0.676. The van der Waals surface area contributed by atoms with Crippen molar-refractivity contribution in [2.45, 2.75) is 58.5 Å². The molecule has 0 aromatic carbocycles. The maximum atomic E-state index is 15.4. The third-order valence-electron chi connectivity index (χ3n) is 8.33. The molecule has 1 aliphatic rings. The quantitative estimate of drug-likeness (QED) is 0.187. The van der Waals surface area contributed by atoms with Gasteiger partial charge in [-0.05, 0) is 45.4 Å². The number of hydrogen-bond acceptors (Lipinski definition) is 7. The molecule has 6 rings (SSSR count). The van der Waals surface area contributed by atoms with Gasteiger partial charge in [-0.2, -0.15) is 18.3 Å². The van der Waals surface area contributed by atoms with Crippen LogP contribution in [0.25, 0.3) is 27.8 Å². The zero-order chi connectivity index (χ0) is 34.7. The van der Waals surface area contributed by atoms with Gasteiger partial charge in [-0.1, -0.05) is 6.07 Å².